The molecule has 27 heavy (non-hydrogen) atoms. The molecule has 1 aromatic heterocycles. The van der Waals surface area contributed by atoms with E-state index in [-0.39, 0.29) is 0 Å². The van der Waals surface area contributed by atoms with E-state index in [9.17, 15) is 0 Å². The Morgan fingerprint density at radius 3 is 2.78 bits per heavy atom. The number of nitrogens with zero attached hydrogens (tertiary/aromatic N) is 2. The van der Waals surface area contributed by atoms with E-state index in [0.717, 1.165) is 35.2 Å². The number of thiocarbonyl (C=S) groups is 1. The summed E-state index contributed by atoms with van der Waals surface area (Å²) < 4.78 is 5.34. The van der Waals surface area contributed by atoms with Crippen LogP contribution in [0.4, 0.5) is 0 Å². The fourth-order valence-electron chi connectivity index (χ4n) is 5.10. The minimum Gasteiger partial charge on any atom is -0.467 e. The maximum atomic E-state index is 5.43. The van der Waals surface area contributed by atoms with Gasteiger partial charge >= 0.3 is 0 Å². The zero-order valence-corrected chi connectivity index (χ0v) is 17.3. The first-order valence-corrected chi connectivity index (χ1v) is 11.1. The molecule has 6 heteroatoms. The first-order valence-electron chi connectivity index (χ1n) is 10.7. The number of furan rings is 1. The molecule has 0 amide bonds. The molecular formula is C21H34N4OS. The number of rotatable bonds is 6. The van der Waals surface area contributed by atoms with Crippen LogP contribution in [0.25, 0.3) is 0 Å². The van der Waals surface area contributed by atoms with Crippen molar-refractivity contribution in [3.8, 4) is 0 Å². The van der Waals surface area contributed by atoms with Gasteiger partial charge in [-0.05, 0) is 87.4 Å². The van der Waals surface area contributed by atoms with Gasteiger partial charge in [0, 0.05) is 25.7 Å². The topological polar surface area (TPSA) is 43.7 Å². The number of fused-ring (bicyclic) bond motifs is 3. The number of piperidine rings is 4. The van der Waals surface area contributed by atoms with Crippen LogP contribution in [0.5, 0.6) is 0 Å². The van der Waals surface area contributed by atoms with Gasteiger partial charge in [-0.1, -0.05) is 6.92 Å². The van der Waals surface area contributed by atoms with Crippen molar-refractivity contribution in [2.45, 2.75) is 45.2 Å². The molecule has 2 bridgehead atoms. The lowest BCUT2D eigenvalue weighted by molar-refractivity contribution is -0.0139. The summed E-state index contributed by atoms with van der Waals surface area (Å²) in [6, 6.07) is 4.50. The Morgan fingerprint density at radius 1 is 1.22 bits per heavy atom. The summed E-state index contributed by atoms with van der Waals surface area (Å²) in [7, 11) is 0. The van der Waals surface area contributed by atoms with Crippen molar-refractivity contribution in [3.05, 3.63) is 24.2 Å². The molecule has 0 aromatic carbocycles. The highest BCUT2D eigenvalue weighted by Gasteiger charge is 2.40. The summed E-state index contributed by atoms with van der Waals surface area (Å²) in [4.78, 5) is 5.44. The van der Waals surface area contributed by atoms with Gasteiger partial charge in [0.25, 0.3) is 0 Å². The molecule has 4 saturated heterocycles. The van der Waals surface area contributed by atoms with Crippen molar-refractivity contribution in [1.82, 2.24) is 20.4 Å². The molecular weight excluding hydrogens is 356 g/mol. The van der Waals surface area contributed by atoms with E-state index in [1.807, 2.05) is 12.1 Å². The van der Waals surface area contributed by atoms with E-state index in [2.05, 4.69) is 27.4 Å². The van der Waals surface area contributed by atoms with Crippen molar-refractivity contribution in [1.29, 1.82) is 0 Å². The van der Waals surface area contributed by atoms with Gasteiger partial charge in [-0.2, -0.15) is 0 Å². The van der Waals surface area contributed by atoms with Gasteiger partial charge in [0.15, 0.2) is 5.11 Å². The molecule has 5 rings (SSSR count). The van der Waals surface area contributed by atoms with Gasteiger partial charge in [0.1, 0.15) is 5.76 Å². The Balaban J connectivity index is 1.19. The van der Waals surface area contributed by atoms with Crippen LogP contribution < -0.4 is 10.6 Å². The lowest BCUT2D eigenvalue weighted by atomic mass is 9.75. The number of hydrogen-bond acceptors (Lipinski definition) is 4. The predicted octanol–water partition coefficient (Wildman–Crippen LogP) is 2.69. The summed E-state index contributed by atoms with van der Waals surface area (Å²) in [5, 5.41) is 7.39. The summed E-state index contributed by atoms with van der Waals surface area (Å²) in [5.74, 6) is 3.60. The maximum Gasteiger partial charge on any atom is 0.166 e. The van der Waals surface area contributed by atoms with Crippen molar-refractivity contribution in [3.63, 3.8) is 0 Å². The van der Waals surface area contributed by atoms with E-state index in [1.54, 1.807) is 6.26 Å². The van der Waals surface area contributed by atoms with Crippen molar-refractivity contribution < 1.29 is 4.42 Å². The lowest BCUT2D eigenvalue weighted by Crippen LogP contribution is -2.59. The molecule has 150 valence electrons. The van der Waals surface area contributed by atoms with Crippen LogP contribution in [0.2, 0.25) is 0 Å². The normalized spacial score (nSPS) is 31.7. The Hall–Kier alpha value is -1.11. The molecule has 0 aliphatic carbocycles. The van der Waals surface area contributed by atoms with Gasteiger partial charge in [-0.25, -0.2) is 0 Å². The summed E-state index contributed by atoms with van der Waals surface area (Å²) >= 11 is 5.43. The standard InChI is InChI=1S/C21H34N4OS/c1-16-4-7-24(8-5-16)14-18-15-25-9-6-17(18)11-19(25)12-22-21(27)23-13-20-3-2-10-26-20/h2-3,10,16-19H,4-9,11-15H2,1H3,(H2,22,23,27)/t17-,18-,19+/m0/s1. The summed E-state index contributed by atoms with van der Waals surface area (Å²) in [5.41, 5.74) is 0. The van der Waals surface area contributed by atoms with Crippen LogP contribution in [0.3, 0.4) is 0 Å². The third kappa shape index (κ3) is 5.04. The molecule has 1 unspecified atom stereocenters. The molecule has 1 aromatic rings. The Labute approximate surface area is 168 Å². The molecule has 4 fully saturated rings. The molecule has 0 spiro atoms. The molecule has 4 aliphatic heterocycles. The van der Waals surface area contributed by atoms with Crippen molar-refractivity contribution >= 4 is 17.3 Å². The van der Waals surface area contributed by atoms with Crippen LogP contribution in [-0.4, -0.2) is 60.2 Å². The second-order valence-corrected chi connectivity index (χ2v) is 9.23. The molecule has 0 saturated carbocycles. The quantitative estimate of drug-likeness (QED) is 0.728. The first kappa shape index (κ1) is 19.2. The molecule has 2 N–H and O–H groups in total. The molecule has 5 nitrogen and oxygen atoms in total. The van der Waals surface area contributed by atoms with E-state index < -0.39 is 0 Å². The van der Waals surface area contributed by atoms with Crippen LogP contribution in [0, 0.1) is 17.8 Å². The Bertz CT molecular complexity index is 599. The second kappa shape index (κ2) is 8.93. The monoisotopic (exact) mass is 390 g/mol. The fourth-order valence-corrected chi connectivity index (χ4v) is 5.25. The number of nitrogens with one attached hydrogen (secondary N) is 2. The smallest absolute Gasteiger partial charge is 0.166 e. The molecule has 5 heterocycles. The minimum atomic E-state index is 0.629. The van der Waals surface area contributed by atoms with Gasteiger partial charge in [-0.3, -0.25) is 4.90 Å². The fraction of sp³-hybridized carbons (Fsp3) is 0.762. The minimum absolute atomic E-state index is 0.629. The molecule has 0 radical (unpaired) electrons. The number of hydrogen-bond donors (Lipinski definition) is 2. The van der Waals surface area contributed by atoms with Crippen molar-refractivity contribution in [2.24, 2.45) is 17.8 Å². The third-order valence-electron chi connectivity index (χ3n) is 6.88. The first-order chi connectivity index (χ1) is 13.2. The van der Waals surface area contributed by atoms with E-state index in [0.29, 0.717) is 12.6 Å². The van der Waals surface area contributed by atoms with Crippen LogP contribution in [0.1, 0.15) is 38.4 Å². The summed E-state index contributed by atoms with van der Waals surface area (Å²) in [6.45, 7) is 10.5. The zero-order valence-electron chi connectivity index (χ0n) is 16.5. The highest BCUT2D eigenvalue weighted by Crippen LogP contribution is 2.37. The van der Waals surface area contributed by atoms with Crippen LogP contribution in [0.15, 0.2) is 22.8 Å². The van der Waals surface area contributed by atoms with E-state index in [4.69, 9.17) is 16.6 Å². The van der Waals surface area contributed by atoms with Gasteiger partial charge in [0.05, 0.1) is 12.8 Å². The highest BCUT2D eigenvalue weighted by molar-refractivity contribution is 7.80. The summed E-state index contributed by atoms with van der Waals surface area (Å²) in [6.07, 6.45) is 7.17. The van der Waals surface area contributed by atoms with E-state index >= 15 is 0 Å². The highest BCUT2D eigenvalue weighted by atomic mass is 32.1. The average molecular weight is 391 g/mol. The molecule has 4 atom stereocenters. The largest absolute Gasteiger partial charge is 0.467 e. The predicted molar refractivity (Wildman–Crippen MR) is 113 cm³/mol. The van der Waals surface area contributed by atoms with Crippen LogP contribution >= 0.6 is 12.2 Å². The average Bonchev–Trinajstić information content (AvgIpc) is 3.21. The van der Waals surface area contributed by atoms with Gasteiger partial charge in [-0.15, -0.1) is 0 Å². The van der Waals surface area contributed by atoms with Crippen LogP contribution in [-0.2, 0) is 6.54 Å². The van der Waals surface area contributed by atoms with Crippen molar-refractivity contribution in [2.75, 3.05) is 39.3 Å². The lowest BCUT2D eigenvalue weighted by Gasteiger charge is -2.51. The second-order valence-electron chi connectivity index (χ2n) is 8.82. The van der Waals surface area contributed by atoms with Gasteiger partial charge in [0.2, 0.25) is 0 Å². The number of likely N-dealkylation sites (tertiary alicyclic amines) is 1. The maximum absolute atomic E-state index is 5.43. The van der Waals surface area contributed by atoms with Gasteiger partial charge < -0.3 is 20.0 Å². The Morgan fingerprint density at radius 2 is 2.07 bits per heavy atom. The molecule has 4 aliphatic rings. The third-order valence-corrected chi connectivity index (χ3v) is 7.17. The zero-order chi connectivity index (χ0) is 18.6. The SMILES string of the molecule is CC1CCN(C[C@H]2CN3CC[C@H]2C[C@@H]3CNC(=S)NCc2ccco2)CC1. The Kier molecular flexibility index (Phi) is 6.35. The van der Waals surface area contributed by atoms with E-state index in [1.165, 1.54) is 58.4 Å².